The molecular weight excluding hydrogens is 618 g/mol. The maximum Gasteiger partial charge on any atom is 0.337 e. The molecule has 0 bridgehead atoms. The second-order valence-corrected chi connectivity index (χ2v) is 11.8. The minimum Gasteiger partial charge on any atom is -0.489 e. The number of aliphatic hydroxyl groups is 1. The molecule has 3 unspecified atom stereocenters. The van der Waals surface area contributed by atoms with Crippen molar-refractivity contribution in [2.75, 3.05) is 31.8 Å². The Morgan fingerprint density at radius 3 is 2.65 bits per heavy atom. The van der Waals surface area contributed by atoms with Gasteiger partial charge in [-0.1, -0.05) is 54.3 Å². The molecule has 0 aliphatic carbocycles. The molecule has 48 heavy (non-hydrogen) atoms. The summed E-state index contributed by atoms with van der Waals surface area (Å²) in [5, 5.41) is 29.8. The van der Waals surface area contributed by atoms with E-state index in [-0.39, 0.29) is 37.1 Å². The number of likely N-dealkylation sites (N-methyl/N-ethyl adjacent to an activating group) is 1. The van der Waals surface area contributed by atoms with Crippen LogP contribution < -0.4 is 15.0 Å². The number of anilines is 1. The monoisotopic (exact) mass is 649 g/mol. The van der Waals surface area contributed by atoms with Crippen LogP contribution in [0.25, 0.3) is 0 Å². The fourth-order valence-corrected chi connectivity index (χ4v) is 6.27. The van der Waals surface area contributed by atoms with E-state index >= 15 is 0 Å². The number of aliphatic hydroxyl groups excluding tert-OH is 1. The first-order valence-electron chi connectivity index (χ1n) is 15.4. The van der Waals surface area contributed by atoms with Crippen molar-refractivity contribution in [1.29, 1.82) is 0 Å². The zero-order chi connectivity index (χ0) is 33.4. The van der Waals surface area contributed by atoms with Crippen LogP contribution in [-0.4, -0.2) is 94.4 Å². The molecule has 0 saturated carbocycles. The lowest BCUT2D eigenvalue weighted by Crippen LogP contribution is -2.49. The molecule has 13 heteroatoms. The quantitative estimate of drug-likeness (QED) is 0.226. The number of H-pyrrole nitrogens is 1. The number of carbonyl (C=O) groups excluding carboxylic acids is 2. The number of carbonyl (C=O) groups is 3. The Bertz CT molecular complexity index is 1950. The van der Waals surface area contributed by atoms with Crippen molar-refractivity contribution in [3.63, 3.8) is 0 Å². The van der Waals surface area contributed by atoms with Crippen LogP contribution in [0, 0.1) is 11.8 Å². The minimum absolute atomic E-state index is 0.0480. The summed E-state index contributed by atoms with van der Waals surface area (Å²) in [5.41, 5.74) is 2.84. The molecule has 0 radical (unpaired) electrons. The normalized spacial score (nSPS) is 22.9. The van der Waals surface area contributed by atoms with E-state index in [1.165, 1.54) is 4.90 Å². The molecule has 3 aliphatic rings. The van der Waals surface area contributed by atoms with Gasteiger partial charge in [0.1, 0.15) is 36.4 Å². The van der Waals surface area contributed by atoms with Gasteiger partial charge in [-0.25, -0.2) is 9.78 Å². The van der Waals surface area contributed by atoms with Crippen molar-refractivity contribution in [3.8, 4) is 17.6 Å². The highest BCUT2D eigenvalue weighted by Crippen LogP contribution is 2.39. The van der Waals surface area contributed by atoms with Crippen molar-refractivity contribution in [1.82, 2.24) is 20.5 Å². The third-order valence-electron chi connectivity index (χ3n) is 8.69. The van der Waals surface area contributed by atoms with Crippen LogP contribution in [-0.2, 0) is 20.7 Å². The number of fused-ring (bicyclic) bond motifs is 2. The van der Waals surface area contributed by atoms with Gasteiger partial charge < -0.3 is 34.6 Å². The molecule has 7 rings (SSSR count). The zero-order valence-corrected chi connectivity index (χ0v) is 25.8. The molecule has 244 valence electrons. The average molecular weight is 650 g/mol. The lowest BCUT2D eigenvalue weighted by Gasteiger charge is -2.20. The van der Waals surface area contributed by atoms with Crippen LogP contribution in [0.5, 0.6) is 5.75 Å². The highest BCUT2D eigenvalue weighted by atomic mass is 16.6. The first-order valence-corrected chi connectivity index (χ1v) is 15.4. The Kier molecular flexibility index (Phi) is 8.36. The third kappa shape index (κ3) is 6.00. The lowest BCUT2D eigenvalue weighted by molar-refractivity contribution is -0.120. The summed E-state index contributed by atoms with van der Waals surface area (Å²) in [6.45, 7) is 0.247. The van der Waals surface area contributed by atoms with Crippen LogP contribution in [0.2, 0.25) is 0 Å². The number of hydrogen-bond acceptors (Lipinski definition) is 9. The maximum atomic E-state index is 13.4. The van der Waals surface area contributed by atoms with Gasteiger partial charge in [0.25, 0.3) is 11.8 Å². The molecule has 2 saturated heterocycles. The molecule has 1 aromatic heterocycles. The smallest absolute Gasteiger partial charge is 0.337 e. The van der Waals surface area contributed by atoms with E-state index in [4.69, 9.17) is 14.2 Å². The molecule has 2 amide bonds. The Hall–Kier alpha value is -5.55. The van der Waals surface area contributed by atoms with Crippen molar-refractivity contribution < 1.29 is 38.8 Å². The highest BCUT2D eigenvalue weighted by molar-refractivity contribution is 6.02. The summed E-state index contributed by atoms with van der Waals surface area (Å²) in [6.07, 6.45) is -1.23. The van der Waals surface area contributed by atoms with E-state index in [9.17, 15) is 24.6 Å². The predicted molar refractivity (Wildman–Crippen MR) is 170 cm³/mol. The number of carboxylic acid groups (broad SMARTS) is 1. The Morgan fingerprint density at radius 1 is 1.02 bits per heavy atom. The van der Waals surface area contributed by atoms with Crippen LogP contribution in [0.1, 0.15) is 55.0 Å². The van der Waals surface area contributed by atoms with E-state index in [2.05, 4.69) is 32.3 Å². The van der Waals surface area contributed by atoms with Crippen molar-refractivity contribution in [3.05, 3.63) is 106 Å². The van der Waals surface area contributed by atoms with Crippen LogP contribution in [0.4, 0.5) is 5.69 Å². The minimum atomic E-state index is -1.14. The van der Waals surface area contributed by atoms with E-state index in [1.807, 2.05) is 30.3 Å². The molecule has 5 atom stereocenters. The number of nitrogens with one attached hydrogen (secondary N) is 2. The number of ether oxygens (including phenoxy) is 3. The molecule has 2 fully saturated rings. The maximum absolute atomic E-state index is 13.4. The van der Waals surface area contributed by atoms with Crippen LogP contribution in [0.15, 0.2) is 66.7 Å². The average Bonchev–Trinajstić information content (AvgIpc) is 3.82. The topological polar surface area (TPSA) is 176 Å². The van der Waals surface area contributed by atoms with Gasteiger partial charge in [-0.05, 0) is 35.4 Å². The first kappa shape index (κ1) is 31.1. The molecule has 4 N–H and O–H groups in total. The highest BCUT2D eigenvalue weighted by Gasteiger charge is 2.48. The number of amides is 2. The van der Waals surface area contributed by atoms with Gasteiger partial charge in [-0.15, -0.1) is 5.10 Å². The van der Waals surface area contributed by atoms with Crippen LogP contribution in [0.3, 0.4) is 0 Å². The lowest BCUT2D eigenvalue weighted by atomic mass is 9.87. The number of aromatic nitrogens is 3. The van der Waals surface area contributed by atoms with Crippen molar-refractivity contribution in [2.45, 2.75) is 36.7 Å². The van der Waals surface area contributed by atoms with E-state index in [0.717, 1.165) is 5.56 Å². The molecule has 3 aromatic carbocycles. The van der Waals surface area contributed by atoms with Gasteiger partial charge in [0.15, 0.2) is 0 Å². The SMILES string of the molecule is CN1C(=O)C(NC(=O)c2n[nH]c(Cc3ccccc3)n2)COc2ccc(C#Cc3cccc(C4CO[C@H]5C(O)CO[C@H]45)c3C(=O)O)cc21. The number of hydrogen-bond donors (Lipinski definition) is 4. The fourth-order valence-electron chi connectivity index (χ4n) is 6.27. The van der Waals surface area contributed by atoms with Gasteiger partial charge in [0, 0.05) is 30.5 Å². The molecule has 13 nitrogen and oxygen atoms in total. The van der Waals surface area contributed by atoms with Gasteiger partial charge in [-0.3, -0.25) is 14.7 Å². The number of aromatic carboxylic acids is 1. The Balaban J connectivity index is 1.07. The van der Waals surface area contributed by atoms with Crippen LogP contribution >= 0.6 is 0 Å². The molecule has 3 aliphatic heterocycles. The largest absolute Gasteiger partial charge is 0.489 e. The summed E-state index contributed by atoms with van der Waals surface area (Å²) < 4.78 is 17.4. The summed E-state index contributed by atoms with van der Waals surface area (Å²) in [5.74, 6) is 4.31. The Morgan fingerprint density at radius 2 is 1.83 bits per heavy atom. The summed E-state index contributed by atoms with van der Waals surface area (Å²) >= 11 is 0. The molecule has 4 aromatic rings. The predicted octanol–water partition coefficient (Wildman–Crippen LogP) is 1.89. The Labute approximate surface area is 274 Å². The fraction of sp³-hybridized carbons (Fsp3) is 0.286. The van der Waals surface area contributed by atoms with Crippen molar-refractivity contribution >= 4 is 23.5 Å². The summed E-state index contributed by atoms with van der Waals surface area (Å²) in [7, 11) is 1.57. The number of benzene rings is 3. The number of rotatable bonds is 6. The number of nitrogens with zero attached hydrogens (tertiary/aromatic N) is 3. The first-order chi connectivity index (χ1) is 23.3. The molecular formula is C35H31N5O8. The van der Waals surface area contributed by atoms with Gasteiger partial charge in [0.2, 0.25) is 5.82 Å². The van der Waals surface area contributed by atoms with Gasteiger partial charge in [-0.2, -0.15) is 0 Å². The van der Waals surface area contributed by atoms with E-state index < -0.39 is 42.1 Å². The second-order valence-electron chi connectivity index (χ2n) is 11.8. The third-order valence-corrected chi connectivity index (χ3v) is 8.69. The second kappa shape index (κ2) is 12.9. The van der Waals surface area contributed by atoms with Gasteiger partial charge >= 0.3 is 5.97 Å². The standard InChI is InChI=1S/C35H31N5O8/c1-40-25-14-20(10-12-21-8-5-9-22(29(21)35(44)45)23-16-47-31-26(41)18-48-30(23)31)11-13-27(25)46-17-24(34(40)43)36-33(42)32-37-28(38-39-32)15-19-6-3-2-4-7-19/h2-9,11,13-14,23-24,26,30-31,41H,15-18H2,1H3,(H,36,42)(H,44,45)(H,37,38,39)/t23?,24?,26?,30-,31+/m1/s1. The number of carboxylic acids is 1. The summed E-state index contributed by atoms with van der Waals surface area (Å²) in [6, 6.07) is 18.8. The molecule has 4 heterocycles. The summed E-state index contributed by atoms with van der Waals surface area (Å²) in [4.78, 5) is 44.5. The van der Waals surface area contributed by atoms with E-state index in [0.29, 0.717) is 40.4 Å². The van der Waals surface area contributed by atoms with Crippen molar-refractivity contribution in [2.24, 2.45) is 0 Å². The molecule has 0 spiro atoms. The number of aromatic amines is 1. The van der Waals surface area contributed by atoms with Gasteiger partial charge in [0.05, 0.1) is 30.6 Å². The van der Waals surface area contributed by atoms with E-state index in [1.54, 1.807) is 43.4 Å². The zero-order valence-electron chi connectivity index (χ0n) is 25.8.